The summed E-state index contributed by atoms with van der Waals surface area (Å²) in [5.74, 6) is -1.20. The summed E-state index contributed by atoms with van der Waals surface area (Å²) in [6, 6.07) is 8.28. The van der Waals surface area contributed by atoms with Gasteiger partial charge in [0, 0.05) is 56.5 Å². The van der Waals surface area contributed by atoms with Gasteiger partial charge in [0.1, 0.15) is 5.82 Å². The maximum Gasteiger partial charge on any atom is 0.419 e. The Bertz CT molecular complexity index is 1310. The number of nitro groups is 1. The number of non-ortho nitro benzene ring substituents is 1. The first-order valence-electron chi connectivity index (χ1n) is 12.1. The first kappa shape index (κ1) is 25.4. The molecule has 1 atom stereocenters. The maximum absolute atomic E-state index is 14.1. The van der Waals surface area contributed by atoms with Gasteiger partial charge in [-0.05, 0) is 44.2 Å². The van der Waals surface area contributed by atoms with Crippen molar-refractivity contribution < 1.29 is 18.5 Å². The van der Waals surface area contributed by atoms with E-state index in [2.05, 4.69) is 22.0 Å². The number of piperazine rings is 1. The van der Waals surface area contributed by atoms with Crippen LogP contribution in [0.1, 0.15) is 38.3 Å². The third-order valence-corrected chi connectivity index (χ3v) is 6.64. The minimum Gasteiger partial charge on any atom is -0.407 e. The molecule has 3 aromatic rings. The molecule has 0 bridgehead atoms. The van der Waals surface area contributed by atoms with Crippen molar-refractivity contribution in [2.45, 2.75) is 39.3 Å². The highest BCUT2D eigenvalue weighted by atomic mass is 19.1. The second-order valence-corrected chi connectivity index (χ2v) is 8.95. The van der Waals surface area contributed by atoms with E-state index in [0.717, 1.165) is 44.0 Å². The zero-order valence-corrected chi connectivity index (χ0v) is 20.4. The first-order chi connectivity index (χ1) is 17.3. The highest BCUT2D eigenvalue weighted by Crippen LogP contribution is 2.28. The number of amides is 1. The van der Waals surface area contributed by atoms with E-state index in [1.54, 1.807) is 6.07 Å². The smallest absolute Gasteiger partial charge is 0.407 e. The third kappa shape index (κ3) is 5.56. The average molecular weight is 500 g/mol. The number of hydrogen-bond acceptors (Lipinski definition) is 7. The Hall–Kier alpha value is -3.73. The molecule has 1 N–H and O–H groups in total. The van der Waals surface area contributed by atoms with Crippen molar-refractivity contribution in [3.63, 3.8) is 0 Å². The molecule has 1 saturated heterocycles. The zero-order chi connectivity index (χ0) is 25.8. The van der Waals surface area contributed by atoms with E-state index in [9.17, 15) is 24.1 Å². The Morgan fingerprint density at radius 2 is 1.94 bits per heavy atom. The van der Waals surface area contributed by atoms with E-state index in [0.29, 0.717) is 11.9 Å². The highest BCUT2D eigenvalue weighted by Gasteiger charge is 2.22. The van der Waals surface area contributed by atoms with Gasteiger partial charge in [-0.15, -0.1) is 0 Å². The molecule has 36 heavy (non-hydrogen) atoms. The molecule has 0 aliphatic carbocycles. The van der Waals surface area contributed by atoms with E-state index in [1.165, 1.54) is 34.9 Å². The maximum atomic E-state index is 14.1. The Morgan fingerprint density at radius 3 is 2.64 bits per heavy atom. The number of fused-ring (bicyclic) bond motifs is 1. The van der Waals surface area contributed by atoms with Crippen molar-refractivity contribution >= 4 is 28.4 Å². The molecule has 0 radical (unpaired) electrons. The number of anilines is 1. The molecule has 10 nitrogen and oxygen atoms in total. The van der Waals surface area contributed by atoms with Crippen molar-refractivity contribution in [2.24, 2.45) is 0 Å². The summed E-state index contributed by atoms with van der Waals surface area (Å²) >= 11 is 0. The lowest BCUT2D eigenvalue weighted by atomic mass is 10.0. The van der Waals surface area contributed by atoms with Gasteiger partial charge in [0.25, 0.3) is 5.69 Å². The molecule has 11 heteroatoms. The summed E-state index contributed by atoms with van der Waals surface area (Å²) < 4.78 is 20.6. The number of hydrogen-bond donors (Lipinski definition) is 1. The lowest BCUT2D eigenvalue weighted by molar-refractivity contribution is -0.384. The number of benzene rings is 2. The molecule has 1 aliphatic rings. The summed E-state index contributed by atoms with van der Waals surface area (Å²) in [6.45, 7) is 8.73. The third-order valence-electron chi connectivity index (χ3n) is 6.64. The van der Waals surface area contributed by atoms with Crippen LogP contribution in [0.3, 0.4) is 0 Å². The normalized spacial score (nSPS) is 15.2. The molecular formula is C25H30FN5O5. The van der Waals surface area contributed by atoms with Crippen LogP contribution in [0.2, 0.25) is 0 Å². The molecule has 2 heterocycles. The van der Waals surface area contributed by atoms with Gasteiger partial charge in [0.2, 0.25) is 5.91 Å². The summed E-state index contributed by atoms with van der Waals surface area (Å²) in [4.78, 5) is 39.8. The number of halogens is 1. The SMILES string of the molecule is CCN1CCN(c2ccc(F)cc2[C@H](C)NC(=O)CCCn2c(=O)oc3cc([N+](=O)[O-])ccc32)CC1. The van der Waals surface area contributed by atoms with E-state index in [-0.39, 0.29) is 36.0 Å². The monoisotopic (exact) mass is 499 g/mol. The number of aryl methyl sites for hydroxylation is 1. The van der Waals surface area contributed by atoms with Gasteiger partial charge in [-0.25, -0.2) is 9.18 Å². The Labute approximate surface area is 207 Å². The Balaban J connectivity index is 1.38. The van der Waals surface area contributed by atoms with Crippen LogP contribution in [-0.4, -0.2) is 53.0 Å². The minimum absolute atomic E-state index is 0.130. The molecule has 192 valence electrons. The van der Waals surface area contributed by atoms with Gasteiger partial charge in [-0.1, -0.05) is 6.92 Å². The van der Waals surface area contributed by atoms with Gasteiger partial charge in [-0.3, -0.25) is 19.5 Å². The van der Waals surface area contributed by atoms with E-state index in [1.807, 2.05) is 6.92 Å². The van der Waals surface area contributed by atoms with Gasteiger partial charge < -0.3 is 19.5 Å². The van der Waals surface area contributed by atoms with Gasteiger partial charge in [0.15, 0.2) is 5.58 Å². The Morgan fingerprint density at radius 1 is 1.19 bits per heavy atom. The second kappa shape index (κ2) is 10.9. The van der Waals surface area contributed by atoms with Crippen LogP contribution < -0.4 is 16.0 Å². The minimum atomic E-state index is -0.633. The van der Waals surface area contributed by atoms with Crippen molar-refractivity contribution in [3.05, 3.63) is 68.4 Å². The van der Waals surface area contributed by atoms with Crippen LogP contribution in [0.25, 0.3) is 11.1 Å². The molecule has 0 unspecified atom stereocenters. The van der Waals surface area contributed by atoms with Gasteiger partial charge in [-0.2, -0.15) is 0 Å². The summed E-state index contributed by atoms with van der Waals surface area (Å²) in [5.41, 5.74) is 2.05. The topological polar surface area (TPSA) is 114 Å². The number of nitrogens with zero attached hydrogens (tertiary/aromatic N) is 4. The molecule has 1 amide bonds. The van der Waals surface area contributed by atoms with Crippen molar-refractivity contribution in [3.8, 4) is 0 Å². The largest absolute Gasteiger partial charge is 0.419 e. The van der Waals surface area contributed by atoms with Gasteiger partial charge in [0.05, 0.1) is 22.5 Å². The van der Waals surface area contributed by atoms with Crippen LogP contribution in [0.15, 0.2) is 45.6 Å². The fourth-order valence-electron chi connectivity index (χ4n) is 4.63. The van der Waals surface area contributed by atoms with Crippen LogP contribution in [0.4, 0.5) is 15.8 Å². The van der Waals surface area contributed by atoms with Crippen molar-refractivity contribution in [1.82, 2.24) is 14.8 Å². The predicted octanol–water partition coefficient (Wildman–Crippen LogP) is 3.44. The number of carbonyl (C=O) groups is 1. The number of nitrogens with one attached hydrogen (secondary N) is 1. The number of rotatable bonds is 9. The van der Waals surface area contributed by atoms with Crippen LogP contribution in [0, 0.1) is 15.9 Å². The quantitative estimate of drug-likeness (QED) is 0.354. The van der Waals surface area contributed by atoms with Crippen LogP contribution >= 0.6 is 0 Å². The zero-order valence-electron chi connectivity index (χ0n) is 20.4. The molecule has 2 aromatic carbocycles. The molecular weight excluding hydrogens is 469 g/mol. The van der Waals surface area contributed by atoms with E-state index < -0.39 is 16.7 Å². The second-order valence-electron chi connectivity index (χ2n) is 8.95. The number of nitro benzene ring substituents is 1. The fraction of sp³-hybridized carbons (Fsp3) is 0.440. The summed E-state index contributed by atoms with van der Waals surface area (Å²) in [7, 11) is 0. The van der Waals surface area contributed by atoms with E-state index in [4.69, 9.17) is 4.42 Å². The molecule has 0 saturated carbocycles. The van der Waals surface area contributed by atoms with Gasteiger partial charge >= 0.3 is 5.76 Å². The average Bonchev–Trinajstić information content (AvgIpc) is 3.18. The molecule has 0 spiro atoms. The van der Waals surface area contributed by atoms with Crippen molar-refractivity contribution in [2.75, 3.05) is 37.6 Å². The van der Waals surface area contributed by atoms with E-state index >= 15 is 0 Å². The number of oxazole rings is 1. The number of likely N-dealkylation sites (N-methyl/N-ethyl adjacent to an activating group) is 1. The van der Waals surface area contributed by atoms with Crippen LogP contribution in [0.5, 0.6) is 0 Å². The van der Waals surface area contributed by atoms with Crippen LogP contribution in [-0.2, 0) is 11.3 Å². The standard InChI is InChI=1S/C25H30FN5O5/c1-3-28-11-13-29(14-12-28)21-8-6-18(26)15-20(21)17(2)27-24(32)5-4-10-30-22-9-7-19(31(34)35)16-23(22)36-25(30)33/h6-9,15-17H,3-5,10-14H2,1-2H3,(H,27,32)/t17-/m0/s1. The predicted molar refractivity (Wildman–Crippen MR) is 134 cm³/mol. The van der Waals surface area contributed by atoms with Crippen molar-refractivity contribution in [1.29, 1.82) is 0 Å². The molecule has 1 aromatic heterocycles. The fourth-order valence-corrected chi connectivity index (χ4v) is 4.63. The number of aromatic nitrogens is 1. The summed E-state index contributed by atoms with van der Waals surface area (Å²) in [6.07, 6.45) is 0.509. The summed E-state index contributed by atoms with van der Waals surface area (Å²) in [5, 5.41) is 13.9. The molecule has 1 aliphatic heterocycles. The molecule has 1 fully saturated rings. The lowest BCUT2D eigenvalue weighted by Gasteiger charge is -2.37. The lowest BCUT2D eigenvalue weighted by Crippen LogP contribution is -2.46. The Kier molecular flexibility index (Phi) is 7.68. The number of carbonyl (C=O) groups excluding carboxylic acids is 1. The first-order valence-corrected chi connectivity index (χ1v) is 12.1. The molecule has 4 rings (SSSR count). The highest BCUT2D eigenvalue weighted by molar-refractivity contribution is 5.77.